The average Bonchev–Trinajstić information content (AvgIpc) is 3.01. The molecule has 80 valence electrons. The minimum Gasteiger partial charge on any atom is -0.490 e. The molecule has 1 aliphatic rings. The highest BCUT2D eigenvalue weighted by Crippen LogP contribution is 2.29. The van der Waals surface area contributed by atoms with E-state index >= 15 is 0 Å². The predicted molar refractivity (Wildman–Crippen MR) is 58.2 cm³/mol. The molecule has 1 amide bonds. The number of nitrogens with two attached hydrogens (primary N) is 1. The first-order valence-electron chi connectivity index (χ1n) is 4.99. The molecule has 0 spiro atoms. The molecule has 0 radical (unpaired) electrons. The number of nitrogens with one attached hydrogen (secondary N) is 1. The third kappa shape index (κ3) is 2.21. The molecule has 15 heavy (non-hydrogen) atoms. The molecule has 1 saturated carbocycles. The van der Waals surface area contributed by atoms with Gasteiger partial charge in [-0.3, -0.25) is 4.79 Å². The Morgan fingerprint density at radius 2 is 2.27 bits per heavy atom. The predicted octanol–water partition coefficient (Wildman–Crippen LogP) is 1.37. The first kappa shape index (κ1) is 9.83. The molecule has 0 aromatic heterocycles. The zero-order valence-corrected chi connectivity index (χ0v) is 8.62. The zero-order chi connectivity index (χ0) is 10.8. The fraction of sp³-hybridized carbons (Fsp3) is 0.364. The molecule has 4 heteroatoms. The van der Waals surface area contributed by atoms with E-state index in [2.05, 4.69) is 5.32 Å². The Hall–Kier alpha value is -1.71. The van der Waals surface area contributed by atoms with Gasteiger partial charge in [0.15, 0.2) is 0 Å². The number of primary amides is 1. The van der Waals surface area contributed by atoms with Crippen LogP contribution in [0.1, 0.15) is 23.2 Å². The van der Waals surface area contributed by atoms with Gasteiger partial charge < -0.3 is 15.8 Å². The van der Waals surface area contributed by atoms with Crippen LogP contribution in [-0.2, 0) is 0 Å². The van der Waals surface area contributed by atoms with Gasteiger partial charge in [-0.25, -0.2) is 0 Å². The van der Waals surface area contributed by atoms with Crippen LogP contribution in [0, 0.1) is 0 Å². The largest absolute Gasteiger partial charge is 0.490 e. The standard InChI is InChI=1S/C11H14N2O2/c1-13-10-6-8(15-7-2-3-7)4-5-9(10)11(12)14/h4-7,13H,2-3H2,1H3,(H2,12,14). The molecule has 0 heterocycles. The van der Waals surface area contributed by atoms with E-state index in [1.54, 1.807) is 25.2 Å². The Labute approximate surface area is 88.4 Å². The van der Waals surface area contributed by atoms with Crippen molar-refractivity contribution in [3.63, 3.8) is 0 Å². The average molecular weight is 206 g/mol. The van der Waals surface area contributed by atoms with Crippen LogP contribution in [-0.4, -0.2) is 19.1 Å². The van der Waals surface area contributed by atoms with Gasteiger partial charge in [0.05, 0.1) is 17.4 Å². The van der Waals surface area contributed by atoms with Crippen LogP contribution < -0.4 is 15.8 Å². The minimum atomic E-state index is -0.433. The van der Waals surface area contributed by atoms with Gasteiger partial charge in [-0.1, -0.05) is 0 Å². The number of ether oxygens (including phenoxy) is 1. The summed E-state index contributed by atoms with van der Waals surface area (Å²) in [7, 11) is 1.75. The number of rotatable bonds is 4. The summed E-state index contributed by atoms with van der Waals surface area (Å²) in [4.78, 5) is 11.1. The number of carbonyl (C=O) groups excluding carboxylic acids is 1. The Balaban J connectivity index is 2.24. The molecule has 0 unspecified atom stereocenters. The Kier molecular flexibility index (Phi) is 2.49. The van der Waals surface area contributed by atoms with Crippen LogP contribution >= 0.6 is 0 Å². The maximum Gasteiger partial charge on any atom is 0.250 e. The number of benzene rings is 1. The second kappa shape index (κ2) is 3.81. The highest BCUT2D eigenvalue weighted by atomic mass is 16.5. The van der Waals surface area contributed by atoms with Crippen molar-refractivity contribution < 1.29 is 9.53 Å². The van der Waals surface area contributed by atoms with Gasteiger partial charge >= 0.3 is 0 Å². The Morgan fingerprint density at radius 3 is 2.80 bits per heavy atom. The molecular weight excluding hydrogens is 192 g/mol. The lowest BCUT2D eigenvalue weighted by molar-refractivity contribution is 0.100. The maximum atomic E-state index is 11.1. The summed E-state index contributed by atoms with van der Waals surface area (Å²) in [5.41, 5.74) is 6.43. The van der Waals surface area contributed by atoms with Crippen molar-refractivity contribution in [1.29, 1.82) is 0 Å². The summed E-state index contributed by atoms with van der Waals surface area (Å²) in [5.74, 6) is 0.351. The van der Waals surface area contributed by atoms with Gasteiger partial charge in [0.25, 0.3) is 5.91 Å². The first-order valence-corrected chi connectivity index (χ1v) is 4.99. The quantitative estimate of drug-likeness (QED) is 0.782. The van der Waals surface area contributed by atoms with E-state index in [9.17, 15) is 4.79 Å². The van der Waals surface area contributed by atoms with Crippen molar-refractivity contribution in [2.75, 3.05) is 12.4 Å². The van der Waals surface area contributed by atoms with Crippen LogP contribution in [0.15, 0.2) is 18.2 Å². The van der Waals surface area contributed by atoms with Crippen molar-refractivity contribution >= 4 is 11.6 Å². The number of anilines is 1. The molecule has 3 N–H and O–H groups in total. The second-order valence-electron chi connectivity index (χ2n) is 3.64. The van der Waals surface area contributed by atoms with Gasteiger partial charge in [-0.2, -0.15) is 0 Å². The topological polar surface area (TPSA) is 64.3 Å². The lowest BCUT2D eigenvalue weighted by Gasteiger charge is -2.09. The summed E-state index contributed by atoms with van der Waals surface area (Å²) in [6, 6.07) is 5.27. The number of hydrogen-bond acceptors (Lipinski definition) is 3. The molecule has 2 rings (SSSR count). The van der Waals surface area contributed by atoms with Crippen LogP contribution in [0.3, 0.4) is 0 Å². The summed E-state index contributed by atoms with van der Waals surface area (Å²) >= 11 is 0. The molecule has 1 fully saturated rings. The molecule has 1 aliphatic carbocycles. The fourth-order valence-electron chi connectivity index (χ4n) is 1.40. The first-order chi connectivity index (χ1) is 7.20. The molecule has 1 aromatic carbocycles. The van der Waals surface area contributed by atoms with Gasteiger partial charge in [0.1, 0.15) is 5.75 Å². The lowest BCUT2D eigenvalue weighted by atomic mass is 10.1. The van der Waals surface area contributed by atoms with Crippen molar-refractivity contribution in [2.45, 2.75) is 18.9 Å². The van der Waals surface area contributed by atoms with Crippen molar-refractivity contribution in [2.24, 2.45) is 5.73 Å². The maximum absolute atomic E-state index is 11.1. The van der Waals surface area contributed by atoms with Crippen LogP contribution in [0.5, 0.6) is 5.75 Å². The highest BCUT2D eigenvalue weighted by Gasteiger charge is 2.23. The number of amides is 1. The van der Waals surface area contributed by atoms with E-state index in [0.717, 1.165) is 18.6 Å². The number of hydrogen-bond donors (Lipinski definition) is 2. The highest BCUT2D eigenvalue weighted by molar-refractivity contribution is 5.98. The molecule has 0 aliphatic heterocycles. The van der Waals surface area contributed by atoms with Gasteiger partial charge in [0, 0.05) is 13.1 Å². The smallest absolute Gasteiger partial charge is 0.250 e. The zero-order valence-electron chi connectivity index (χ0n) is 8.62. The van der Waals surface area contributed by atoms with Gasteiger partial charge in [0.2, 0.25) is 0 Å². The normalized spacial score (nSPS) is 14.7. The third-order valence-corrected chi connectivity index (χ3v) is 2.35. The van der Waals surface area contributed by atoms with E-state index in [1.165, 1.54) is 0 Å². The Morgan fingerprint density at radius 1 is 1.53 bits per heavy atom. The third-order valence-electron chi connectivity index (χ3n) is 2.35. The SMILES string of the molecule is CNc1cc(OC2CC2)ccc1C(N)=O. The summed E-state index contributed by atoms with van der Waals surface area (Å²) in [6.45, 7) is 0. The van der Waals surface area contributed by atoms with Crippen LogP contribution in [0.2, 0.25) is 0 Å². The fourth-order valence-corrected chi connectivity index (χ4v) is 1.40. The summed E-state index contributed by atoms with van der Waals surface area (Å²) in [5, 5.41) is 2.93. The Bertz CT molecular complexity index is 386. The summed E-state index contributed by atoms with van der Waals surface area (Å²) in [6.07, 6.45) is 2.59. The monoisotopic (exact) mass is 206 g/mol. The van der Waals surface area contributed by atoms with E-state index in [1.807, 2.05) is 0 Å². The molecule has 0 bridgehead atoms. The molecule has 0 saturated heterocycles. The van der Waals surface area contributed by atoms with Crippen LogP contribution in [0.25, 0.3) is 0 Å². The second-order valence-corrected chi connectivity index (χ2v) is 3.64. The molecule has 4 nitrogen and oxygen atoms in total. The van der Waals surface area contributed by atoms with E-state index in [0.29, 0.717) is 17.4 Å². The molecule has 0 atom stereocenters. The van der Waals surface area contributed by atoms with Crippen molar-refractivity contribution in [1.82, 2.24) is 0 Å². The number of carbonyl (C=O) groups is 1. The van der Waals surface area contributed by atoms with Gasteiger partial charge in [-0.05, 0) is 25.0 Å². The van der Waals surface area contributed by atoms with E-state index in [-0.39, 0.29) is 0 Å². The van der Waals surface area contributed by atoms with E-state index in [4.69, 9.17) is 10.5 Å². The van der Waals surface area contributed by atoms with Crippen molar-refractivity contribution in [3.05, 3.63) is 23.8 Å². The molecule has 1 aromatic rings. The summed E-state index contributed by atoms with van der Waals surface area (Å²) < 4.78 is 5.61. The molecular formula is C11H14N2O2. The minimum absolute atomic E-state index is 0.356. The van der Waals surface area contributed by atoms with Gasteiger partial charge in [-0.15, -0.1) is 0 Å². The van der Waals surface area contributed by atoms with Crippen LogP contribution in [0.4, 0.5) is 5.69 Å². The van der Waals surface area contributed by atoms with E-state index < -0.39 is 5.91 Å². The van der Waals surface area contributed by atoms with Crippen molar-refractivity contribution in [3.8, 4) is 5.75 Å². The lowest BCUT2D eigenvalue weighted by Crippen LogP contribution is -2.13.